The highest BCUT2D eigenvalue weighted by molar-refractivity contribution is 5.76. The van der Waals surface area contributed by atoms with Crippen molar-refractivity contribution in [1.29, 1.82) is 0 Å². The third-order valence-corrected chi connectivity index (χ3v) is 1.89. The van der Waals surface area contributed by atoms with Gasteiger partial charge in [0.1, 0.15) is 5.78 Å². The number of aliphatic hydroxyl groups excluding tert-OH is 1. The molecule has 0 aliphatic carbocycles. The molecule has 0 aromatic rings. The zero-order chi connectivity index (χ0) is 8.27. The summed E-state index contributed by atoms with van der Waals surface area (Å²) in [4.78, 5) is 10.7. The van der Waals surface area contributed by atoms with Crippen LogP contribution in [0.3, 0.4) is 0 Å². The van der Waals surface area contributed by atoms with Crippen molar-refractivity contribution >= 4 is 5.78 Å². The average molecular weight is 158 g/mol. The number of ketones is 1. The first-order chi connectivity index (χ1) is 5.20. The normalized spacial score (nSPS) is 31.8. The number of carbonyl (C=O) groups excluding carboxylic acids is 1. The van der Waals surface area contributed by atoms with Crippen molar-refractivity contribution in [3.05, 3.63) is 0 Å². The third-order valence-electron chi connectivity index (χ3n) is 1.89. The van der Waals surface area contributed by atoms with Crippen LogP contribution in [0.25, 0.3) is 0 Å². The Kier molecular flexibility index (Phi) is 3.02. The third kappa shape index (κ3) is 2.60. The van der Waals surface area contributed by atoms with Gasteiger partial charge in [-0.3, -0.25) is 4.79 Å². The molecule has 0 aromatic heterocycles. The van der Waals surface area contributed by atoms with Gasteiger partial charge in [-0.25, -0.2) is 0 Å². The molecule has 0 radical (unpaired) electrons. The van der Waals surface area contributed by atoms with E-state index in [1.807, 2.05) is 0 Å². The summed E-state index contributed by atoms with van der Waals surface area (Å²) < 4.78 is 5.23. The number of hydrogen-bond donors (Lipinski definition) is 1. The van der Waals surface area contributed by atoms with E-state index in [1.165, 1.54) is 6.92 Å². The number of aliphatic hydroxyl groups is 1. The summed E-state index contributed by atoms with van der Waals surface area (Å²) in [6.45, 7) is 2.19. The summed E-state index contributed by atoms with van der Waals surface area (Å²) in [7, 11) is 0. The van der Waals surface area contributed by atoms with E-state index in [-0.39, 0.29) is 11.9 Å². The molecule has 0 bridgehead atoms. The van der Waals surface area contributed by atoms with Crippen LogP contribution in [0.1, 0.15) is 26.2 Å². The second-order valence-corrected chi connectivity index (χ2v) is 3.02. The molecule has 0 amide bonds. The molecule has 0 aromatic carbocycles. The van der Waals surface area contributed by atoms with E-state index in [1.54, 1.807) is 0 Å². The minimum absolute atomic E-state index is 0.0796. The van der Waals surface area contributed by atoms with Gasteiger partial charge in [0, 0.05) is 13.0 Å². The fraction of sp³-hybridized carbons (Fsp3) is 0.875. The summed E-state index contributed by atoms with van der Waals surface area (Å²) in [5.74, 6) is 0.0796. The molecule has 2 atom stereocenters. The highest BCUT2D eigenvalue weighted by atomic mass is 16.5. The van der Waals surface area contributed by atoms with Gasteiger partial charge >= 0.3 is 0 Å². The van der Waals surface area contributed by atoms with Crippen LogP contribution < -0.4 is 0 Å². The van der Waals surface area contributed by atoms with Crippen LogP contribution in [0.5, 0.6) is 0 Å². The molecule has 64 valence electrons. The quantitative estimate of drug-likeness (QED) is 0.636. The Bertz CT molecular complexity index is 144. The Morgan fingerprint density at radius 1 is 1.73 bits per heavy atom. The zero-order valence-corrected chi connectivity index (χ0v) is 6.75. The largest absolute Gasteiger partial charge is 0.390 e. The number of ether oxygens (including phenoxy) is 1. The van der Waals surface area contributed by atoms with Crippen molar-refractivity contribution in [3.8, 4) is 0 Å². The molecule has 3 heteroatoms. The lowest BCUT2D eigenvalue weighted by Crippen LogP contribution is -2.35. The fourth-order valence-corrected chi connectivity index (χ4v) is 1.30. The summed E-state index contributed by atoms with van der Waals surface area (Å²) in [6, 6.07) is 0. The van der Waals surface area contributed by atoms with Crippen molar-refractivity contribution in [3.63, 3.8) is 0 Å². The van der Waals surface area contributed by atoms with Crippen LogP contribution in [0.4, 0.5) is 0 Å². The Balaban J connectivity index is 2.35. The maximum Gasteiger partial charge on any atom is 0.132 e. The van der Waals surface area contributed by atoms with Crippen molar-refractivity contribution in [2.75, 3.05) is 6.61 Å². The van der Waals surface area contributed by atoms with Gasteiger partial charge in [-0.1, -0.05) is 0 Å². The van der Waals surface area contributed by atoms with Crippen molar-refractivity contribution < 1.29 is 14.6 Å². The Morgan fingerprint density at radius 2 is 2.45 bits per heavy atom. The molecule has 11 heavy (non-hydrogen) atoms. The Morgan fingerprint density at radius 3 is 3.00 bits per heavy atom. The lowest BCUT2D eigenvalue weighted by atomic mass is 10.0. The monoisotopic (exact) mass is 158 g/mol. The number of rotatable bonds is 2. The summed E-state index contributed by atoms with van der Waals surface area (Å²) in [5, 5.41) is 9.34. The molecule has 1 aliphatic rings. The molecule has 1 heterocycles. The van der Waals surface area contributed by atoms with E-state index >= 15 is 0 Å². The first-order valence-corrected chi connectivity index (χ1v) is 3.99. The molecular weight excluding hydrogens is 144 g/mol. The molecular formula is C8H14O3. The van der Waals surface area contributed by atoms with Gasteiger partial charge in [-0.15, -0.1) is 0 Å². The number of carbonyl (C=O) groups is 1. The second kappa shape index (κ2) is 3.83. The van der Waals surface area contributed by atoms with Crippen LogP contribution in [-0.4, -0.2) is 29.7 Å². The molecule has 1 N–H and O–H groups in total. The van der Waals surface area contributed by atoms with Crippen molar-refractivity contribution in [2.24, 2.45) is 0 Å². The topological polar surface area (TPSA) is 46.5 Å². The van der Waals surface area contributed by atoms with Gasteiger partial charge in [0.15, 0.2) is 0 Å². The first kappa shape index (κ1) is 8.68. The lowest BCUT2D eigenvalue weighted by molar-refractivity contribution is -0.126. The molecule has 0 saturated carbocycles. The standard InChI is InChI=1S/C8H14O3/c1-6(9)5-8-7(10)3-2-4-11-8/h7-8,10H,2-5H2,1H3. The Labute approximate surface area is 66.4 Å². The SMILES string of the molecule is CC(=O)CC1OCCCC1O. The highest BCUT2D eigenvalue weighted by Gasteiger charge is 2.24. The minimum Gasteiger partial charge on any atom is -0.390 e. The summed E-state index contributed by atoms with van der Waals surface area (Å²) in [5.41, 5.74) is 0. The second-order valence-electron chi connectivity index (χ2n) is 3.02. The maximum absolute atomic E-state index is 10.7. The van der Waals surface area contributed by atoms with Crippen LogP contribution >= 0.6 is 0 Å². The smallest absolute Gasteiger partial charge is 0.132 e. The van der Waals surface area contributed by atoms with Crippen molar-refractivity contribution in [2.45, 2.75) is 38.4 Å². The zero-order valence-electron chi connectivity index (χ0n) is 6.75. The molecule has 3 nitrogen and oxygen atoms in total. The summed E-state index contributed by atoms with van der Waals surface area (Å²) in [6.07, 6.45) is 1.32. The molecule has 1 fully saturated rings. The molecule has 0 spiro atoms. The lowest BCUT2D eigenvalue weighted by Gasteiger charge is -2.26. The minimum atomic E-state index is -0.437. The van der Waals surface area contributed by atoms with Gasteiger partial charge in [0.25, 0.3) is 0 Å². The molecule has 1 rings (SSSR count). The van der Waals surface area contributed by atoms with Crippen molar-refractivity contribution in [1.82, 2.24) is 0 Å². The molecule has 1 saturated heterocycles. The van der Waals surface area contributed by atoms with Gasteiger partial charge in [0.05, 0.1) is 12.2 Å². The predicted molar refractivity (Wildman–Crippen MR) is 40.3 cm³/mol. The van der Waals surface area contributed by atoms with Crippen LogP contribution in [-0.2, 0) is 9.53 Å². The first-order valence-electron chi connectivity index (χ1n) is 3.99. The highest BCUT2D eigenvalue weighted by Crippen LogP contribution is 2.16. The van der Waals surface area contributed by atoms with Crippen LogP contribution in [0.15, 0.2) is 0 Å². The van der Waals surface area contributed by atoms with E-state index in [0.29, 0.717) is 13.0 Å². The van der Waals surface area contributed by atoms with Crippen LogP contribution in [0, 0.1) is 0 Å². The average Bonchev–Trinajstić information content (AvgIpc) is 1.93. The summed E-state index contributed by atoms with van der Waals surface area (Å²) >= 11 is 0. The van der Waals surface area contributed by atoms with Gasteiger partial charge in [-0.2, -0.15) is 0 Å². The molecule has 1 aliphatic heterocycles. The van der Waals surface area contributed by atoms with E-state index in [2.05, 4.69) is 0 Å². The van der Waals surface area contributed by atoms with E-state index < -0.39 is 6.10 Å². The van der Waals surface area contributed by atoms with E-state index in [4.69, 9.17) is 4.74 Å². The molecule has 2 unspecified atom stereocenters. The van der Waals surface area contributed by atoms with Gasteiger partial charge in [-0.05, 0) is 19.8 Å². The van der Waals surface area contributed by atoms with Gasteiger partial charge < -0.3 is 9.84 Å². The van der Waals surface area contributed by atoms with E-state index in [0.717, 1.165) is 12.8 Å². The fourth-order valence-electron chi connectivity index (χ4n) is 1.30. The van der Waals surface area contributed by atoms with E-state index in [9.17, 15) is 9.90 Å². The number of Topliss-reactive ketones (excluding diaryl/α,β-unsaturated/α-hetero) is 1. The number of hydrogen-bond acceptors (Lipinski definition) is 3. The van der Waals surface area contributed by atoms with Gasteiger partial charge in [0.2, 0.25) is 0 Å². The predicted octanol–water partition coefficient (Wildman–Crippen LogP) is 0.505. The van der Waals surface area contributed by atoms with Crippen LogP contribution in [0.2, 0.25) is 0 Å². The maximum atomic E-state index is 10.7. The Hall–Kier alpha value is -0.410.